The Morgan fingerprint density at radius 1 is 0.315 bits per heavy atom. The number of anilines is 6. The van der Waals surface area contributed by atoms with E-state index in [0.717, 1.165) is 26.5 Å². The second-order valence-electron chi connectivity index (χ2n) is 17.6. The minimum Gasteiger partial charge on any atom is -0.304 e. The van der Waals surface area contributed by atoms with E-state index in [1.165, 1.54) is 24.3 Å². The van der Waals surface area contributed by atoms with E-state index in [-0.39, 0.29) is 22.7 Å². The van der Waals surface area contributed by atoms with E-state index in [1.807, 2.05) is 134 Å². The molecule has 2 nitrogen and oxygen atoms in total. The number of nitrogens with zero attached hydrogens (tertiary/aromatic N) is 2. The second-order valence-corrected chi connectivity index (χ2v) is 17.6. The Morgan fingerprint density at radius 2 is 0.616 bits per heavy atom. The zero-order chi connectivity index (χ0) is 50.6. The summed E-state index contributed by atoms with van der Waals surface area (Å²) < 4.78 is 137. The molecule has 10 heteroatoms. The highest BCUT2D eigenvalue weighted by atomic mass is 19.2. The molecule has 11 rings (SSSR count). The average molecular weight is 977 g/mol. The Morgan fingerprint density at radius 3 is 0.986 bits per heavy atom. The maximum atomic E-state index is 17.3. The Balaban J connectivity index is 1.10. The molecule has 0 radical (unpaired) electrons. The molecule has 0 atom stereocenters. The van der Waals surface area contributed by atoms with E-state index in [4.69, 9.17) is 0 Å². The van der Waals surface area contributed by atoms with Crippen LogP contribution in [-0.4, -0.2) is 0 Å². The molecule has 9 aromatic rings. The third kappa shape index (κ3) is 6.91. The Hall–Kier alpha value is -8.76. The lowest BCUT2D eigenvalue weighted by Crippen LogP contribution is -2.38. The van der Waals surface area contributed by atoms with Crippen LogP contribution in [0.15, 0.2) is 225 Å². The topological polar surface area (TPSA) is 6.48 Å². The molecule has 73 heavy (non-hydrogen) atoms. The number of benzene rings is 9. The summed E-state index contributed by atoms with van der Waals surface area (Å²) in [7, 11) is 0. The van der Waals surface area contributed by atoms with Gasteiger partial charge < -0.3 is 9.80 Å². The minimum atomic E-state index is -2.29. The molecule has 9 aromatic carbocycles. The third-order valence-electron chi connectivity index (χ3n) is 13.9. The molecule has 0 fully saturated rings. The molecular formula is C63H40F8N2. The van der Waals surface area contributed by atoms with Crippen molar-refractivity contribution in [2.75, 3.05) is 9.80 Å². The van der Waals surface area contributed by atoms with Crippen LogP contribution < -0.4 is 9.80 Å². The summed E-state index contributed by atoms with van der Waals surface area (Å²) in [5.41, 5.74) is -4.13. The molecule has 2 aliphatic rings. The summed E-state index contributed by atoms with van der Waals surface area (Å²) in [5, 5.41) is 0. The number of fused-ring (bicyclic) bond motifs is 4. The van der Waals surface area contributed by atoms with Crippen molar-refractivity contribution >= 4 is 34.1 Å². The van der Waals surface area contributed by atoms with Crippen LogP contribution in [0.2, 0.25) is 0 Å². The van der Waals surface area contributed by atoms with Gasteiger partial charge in [-0.1, -0.05) is 200 Å². The Bertz CT molecular complexity index is 3510. The van der Waals surface area contributed by atoms with Gasteiger partial charge in [-0.05, 0) is 70.1 Å². The summed E-state index contributed by atoms with van der Waals surface area (Å²) in [6.07, 6.45) is 11.1. The molecular weight excluding hydrogens is 937 g/mol. The zero-order valence-electron chi connectivity index (χ0n) is 38.8. The van der Waals surface area contributed by atoms with E-state index in [9.17, 15) is 0 Å². The molecule has 0 spiro atoms. The predicted molar refractivity (Wildman–Crippen MR) is 272 cm³/mol. The van der Waals surface area contributed by atoms with Crippen molar-refractivity contribution in [3.63, 3.8) is 0 Å². The van der Waals surface area contributed by atoms with E-state index in [1.54, 1.807) is 72.8 Å². The van der Waals surface area contributed by atoms with Crippen LogP contribution in [-0.2, 0) is 10.8 Å². The number of hydrogen-bond donors (Lipinski definition) is 0. The SMILES string of the molecule is C\C=C/C=C\C=C\C1(c2ccccc2)c2ccccc2N(c2c(F)c(F)c(-c3c(F)c(F)c(N4c5ccccc5C(c5ccccc5)(c5ccccc5)c5ccccc54)c(F)c3F)c(F)c2F)c2ccccc21. The quantitative estimate of drug-likeness (QED) is 0.0808. The van der Waals surface area contributed by atoms with Gasteiger partial charge in [0.2, 0.25) is 0 Å². The zero-order valence-corrected chi connectivity index (χ0v) is 38.8. The van der Waals surface area contributed by atoms with Crippen LogP contribution in [0.5, 0.6) is 0 Å². The van der Waals surface area contributed by atoms with Gasteiger partial charge in [-0.15, -0.1) is 0 Å². The molecule has 0 saturated heterocycles. The number of halogens is 8. The maximum absolute atomic E-state index is 17.3. The van der Waals surface area contributed by atoms with Crippen LogP contribution in [0.4, 0.5) is 69.2 Å². The van der Waals surface area contributed by atoms with Crippen molar-refractivity contribution in [2.45, 2.75) is 17.8 Å². The lowest BCUT2D eigenvalue weighted by molar-refractivity contribution is 0.444. The number of hydrogen-bond acceptors (Lipinski definition) is 2. The number of allylic oxidation sites excluding steroid dienone is 6. The highest BCUT2D eigenvalue weighted by molar-refractivity contribution is 5.92. The van der Waals surface area contributed by atoms with Gasteiger partial charge in [-0.3, -0.25) is 0 Å². The summed E-state index contributed by atoms with van der Waals surface area (Å²) in [4.78, 5) is 2.02. The fourth-order valence-electron chi connectivity index (χ4n) is 11.0. The lowest BCUT2D eigenvalue weighted by atomic mass is 9.62. The van der Waals surface area contributed by atoms with Crippen LogP contribution >= 0.6 is 0 Å². The van der Waals surface area contributed by atoms with Crippen LogP contribution in [0, 0.1) is 46.5 Å². The van der Waals surface area contributed by atoms with Crippen molar-refractivity contribution < 1.29 is 35.1 Å². The monoisotopic (exact) mass is 976 g/mol. The fraction of sp³-hybridized carbons (Fsp3) is 0.0476. The summed E-state index contributed by atoms with van der Waals surface area (Å²) in [6, 6.07) is 54.3. The van der Waals surface area contributed by atoms with E-state index < -0.39 is 79.9 Å². The first-order valence-corrected chi connectivity index (χ1v) is 23.4. The lowest BCUT2D eigenvalue weighted by Gasteiger charge is -2.46. The van der Waals surface area contributed by atoms with Crippen LogP contribution in [0.3, 0.4) is 0 Å². The van der Waals surface area contributed by atoms with Gasteiger partial charge in [-0.25, -0.2) is 35.1 Å². The van der Waals surface area contributed by atoms with Crippen molar-refractivity contribution in [1.82, 2.24) is 0 Å². The van der Waals surface area contributed by atoms with Gasteiger partial charge in [0.05, 0.1) is 44.7 Å². The van der Waals surface area contributed by atoms with Gasteiger partial charge in [0, 0.05) is 0 Å². The molecule has 0 saturated carbocycles. The molecule has 358 valence electrons. The average Bonchev–Trinajstić information content (AvgIpc) is 3.44. The molecule has 0 bridgehead atoms. The van der Waals surface area contributed by atoms with Crippen LogP contribution in [0.1, 0.15) is 45.9 Å². The highest BCUT2D eigenvalue weighted by Crippen LogP contribution is 2.60. The largest absolute Gasteiger partial charge is 0.304 e. The Kier molecular flexibility index (Phi) is 11.8. The summed E-state index contributed by atoms with van der Waals surface area (Å²) >= 11 is 0. The summed E-state index contributed by atoms with van der Waals surface area (Å²) in [6.45, 7) is 1.87. The smallest absolute Gasteiger partial charge is 0.186 e. The molecule has 0 aromatic heterocycles. The first-order chi connectivity index (χ1) is 35.6. The van der Waals surface area contributed by atoms with Crippen molar-refractivity contribution in [3.8, 4) is 11.1 Å². The Labute approximate surface area is 416 Å². The van der Waals surface area contributed by atoms with Gasteiger partial charge in [0.1, 0.15) is 11.4 Å². The molecule has 0 N–H and O–H groups in total. The van der Waals surface area contributed by atoms with E-state index >= 15 is 35.1 Å². The first kappa shape index (κ1) is 46.6. The second kappa shape index (κ2) is 18.4. The van der Waals surface area contributed by atoms with E-state index in [2.05, 4.69) is 0 Å². The van der Waals surface area contributed by atoms with Crippen molar-refractivity contribution in [3.05, 3.63) is 310 Å². The number of rotatable bonds is 9. The minimum absolute atomic E-state index is 0.112. The maximum Gasteiger partial charge on any atom is 0.186 e. The third-order valence-corrected chi connectivity index (χ3v) is 13.9. The fourth-order valence-corrected chi connectivity index (χ4v) is 11.0. The predicted octanol–water partition coefficient (Wildman–Crippen LogP) is 17.4. The summed E-state index contributed by atoms with van der Waals surface area (Å²) in [5.74, 6) is -17.4. The first-order valence-electron chi connectivity index (χ1n) is 23.4. The van der Waals surface area contributed by atoms with E-state index in [0.29, 0.717) is 22.3 Å². The van der Waals surface area contributed by atoms with Crippen molar-refractivity contribution in [2.24, 2.45) is 0 Å². The highest BCUT2D eigenvalue weighted by Gasteiger charge is 2.49. The van der Waals surface area contributed by atoms with Gasteiger partial charge in [-0.2, -0.15) is 0 Å². The molecule has 0 amide bonds. The van der Waals surface area contributed by atoms with Gasteiger partial charge >= 0.3 is 0 Å². The van der Waals surface area contributed by atoms with Gasteiger partial charge in [0.25, 0.3) is 0 Å². The van der Waals surface area contributed by atoms with Crippen LogP contribution in [0.25, 0.3) is 11.1 Å². The molecule has 0 aliphatic carbocycles. The molecule has 2 heterocycles. The van der Waals surface area contributed by atoms with Crippen molar-refractivity contribution in [1.29, 1.82) is 0 Å². The standard InChI is InChI=1S/C63H40F8N2/c1-2-3-4-5-23-38-62(39-24-9-6-10-25-39)42-30-15-19-34-46(42)72(47-35-20-16-31-43(47)62)60-56(68)52(64)50(53(65)57(60)69)51-54(66)58(70)61(59(71)55(51)67)73-48-36-21-17-32-44(48)63(40-26-11-7-12-27-40,41-28-13-8-14-29-41)45-33-18-22-37-49(45)73/h2-38H,1H3/b3-2-,5-4-,38-23+. The normalized spacial score (nSPS) is 14.4. The van der Waals surface area contributed by atoms with Gasteiger partial charge in [0.15, 0.2) is 46.5 Å². The number of para-hydroxylation sites is 4. The molecule has 2 aliphatic heterocycles. The molecule has 0 unspecified atom stereocenters.